The third-order valence-corrected chi connectivity index (χ3v) is 6.26. The molecule has 0 heterocycles. The Morgan fingerprint density at radius 1 is 1.21 bits per heavy atom. The van der Waals surface area contributed by atoms with E-state index in [0.29, 0.717) is 22.6 Å². The lowest BCUT2D eigenvalue weighted by molar-refractivity contribution is 0.104. The summed E-state index contributed by atoms with van der Waals surface area (Å²) in [7, 11) is 0.827. The minimum atomic E-state index is -3.60. The summed E-state index contributed by atoms with van der Waals surface area (Å²) in [6, 6.07) is 9.53. The number of benzene rings is 2. The molecule has 150 valence electrons. The van der Waals surface area contributed by atoms with Gasteiger partial charge in [0.25, 0.3) is 0 Å². The molecule has 28 heavy (non-hydrogen) atoms. The normalized spacial score (nSPS) is 11.8. The Morgan fingerprint density at radius 3 is 2.54 bits per heavy atom. The smallest absolute Gasteiger partial charge is 0.242 e. The van der Waals surface area contributed by atoms with E-state index in [4.69, 9.17) is 9.47 Å². The summed E-state index contributed by atoms with van der Waals surface area (Å²) in [6.07, 6.45) is 3.03. The van der Waals surface area contributed by atoms with Gasteiger partial charge in [-0.05, 0) is 58.8 Å². The Labute approximate surface area is 173 Å². The van der Waals surface area contributed by atoms with Crippen LogP contribution in [0.3, 0.4) is 0 Å². The number of ether oxygens (including phenoxy) is 2. The summed E-state index contributed by atoms with van der Waals surface area (Å²) >= 11 is 3.44. The van der Waals surface area contributed by atoms with Gasteiger partial charge in [-0.2, -0.15) is 0 Å². The molecule has 2 rings (SSSR count). The Balaban J connectivity index is 2.31. The highest BCUT2D eigenvalue weighted by Crippen LogP contribution is 2.37. The van der Waals surface area contributed by atoms with Crippen LogP contribution in [0.25, 0.3) is 6.08 Å². The van der Waals surface area contributed by atoms with E-state index in [1.807, 2.05) is 13.0 Å². The Bertz CT molecular complexity index is 1000. The van der Waals surface area contributed by atoms with Crippen molar-refractivity contribution in [1.29, 1.82) is 0 Å². The van der Waals surface area contributed by atoms with Gasteiger partial charge >= 0.3 is 0 Å². The summed E-state index contributed by atoms with van der Waals surface area (Å²) < 4.78 is 37.2. The summed E-state index contributed by atoms with van der Waals surface area (Å²) in [5.74, 6) is 0.831. The molecule has 0 radical (unpaired) electrons. The third-order valence-electron chi connectivity index (χ3n) is 3.86. The molecule has 8 heteroatoms. The van der Waals surface area contributed by atoms with E-state index < -0.39 is 10.0 Å². The monoisotopic (exact) mass is 467 g/mol. The number of hydrogen-bond donors (Lipinski definition) is 0. The predicted octanol–water partition coefficient (Wildman–Crippen LogP) is 4.00. The van der Waals surface area contributed by atoms with Gasteiger partial charge in [0, 0.05) is 19.7 Å². The molecule has 0 aromatic heterocycles. The Kier molecular flexibility index (Phi) is 7.40. The van der Waals surface area contributed by atoms with Crippen molar-refractivity contribution >= 4 is 37.8 Å². The fourth-order valence-electron chi connectivity index (χ4n) is 2.41. The van der Waals surface area contributed by atoms with Crippen LogP contribution < -0.4 is 9.47 Å². The quantitative estimate of drug-likeness (QED) is 0.433. The predicted molar refractivity (Wildman–Crippen MR) is 113 cm³/mol. The number of sulfonamides is 1. The van der Waals surface area contributed by atoms with Crippen LogP contribution in [0.4, 0.5) is 0 Å². The van der Waals surface area contributed by atoms with Gasteiger partial charge in [0.15, 0.2) is 17.3 Å². The highest BCUT2D eigenvalue weighted by molar-refractivity contribution is 9.10. The second kappa shape index (κ2) is 9.36. The van der Waals surface area contributed by atoms with Gasteiger partial charge in [0.05, 0.1) is 23.1 Å². The van der Waals surface area contributed by atoms with Gasteiger partial charge in [0.2, 0.25) is 10.0 Å². The average Bonchev–Trinajstić information content (AvgIpc) is 2.67. The highest BCUT2D eigenvalue weighted by atomic mass is 79.9. The molecular formula is C20H22BrNO5S. The molecule has 0 unspecified atom stereocenters. The van der Waals surface area contributed by atoms with Crippen molar-refractivity contribution in [2.24, 2.45) is 0 Å². The van der Waals surface area contributed by atoms with Gasteiger partial charge < -0.3 is 9.47 Å². The lowest BCUT2D eigenvalue weighted by Gasteiger charge is -2.12. The van der Waals surface area contributed by atoms with E-state index in [1.54, 1.807) is 31.4 Å². The molecule has 0 N–H and O–H groups in total. The number of rotatable bonds is 8. The van der Waals surface area contributed by atoms with Gasteiger partial charge in [-0.3, -0.25) is 4.79 Å². The SMILES string of the molecule is CCOc1c(Br)cc(/C=C/C(=O)c2cccc(S(=O)(=O)N(C)C)c2)cc1OC. The van der Waals surface area contributed by atoms with Crippen LogP contribution in [0.1, 0.15) is 22.8 Å². The second-order valence-electron chi connectivity index (χ2n) is 5.98. The number of hydrogen-bond acceptors (Lipinski definition) is 5. The molecule has 0 aliphatic heterocycles. The lowest BCUT2D eigenvalue weighted by Crippen LogP contribution is -2.22. The molecule has 0 fully saturated rings. The molecule has 0 saturated heterocycles. The van der Waals surface area contributed by atoms with Crippen molar-refractivity contribution in [1.82, 2.24) is 4.31 Å². The van der Waals surface area contributed by atoms with Crippen molar-refractivity contribution in [3.8, 4) is 11.5 Å². The molecule has 0 spiro atoms. The van der Waals surface area contributed by atoms with Crippen molar-refractivity contribution in [3.63, 3.8) is 0 Å². The Hall–Kier alpha value is -2.16. The maximum Gasteiger partial charge on any atom is 0.242 e. The van der Waals surface area contributed by atoms with E-state index in [1.165, 1.54) is 32.3 Å². The molecule has 2 aromatic rings. The zero-order valence-corrected chi connectivity index (χ0v) is 18.5. The fourth-order valence-corrected chi connectivity index (χ4v) is 3.93. The fraction of sp³-hybridized carbons (Fsp3) is 0.250. The van der Waals surface area contributed by atoms with Crippen LogP contribution in [0, 0.1) is 0 Å². The number of carbonyl (C=O) groups is 1. The van der Waals surface area contributed by atoms with Gasteiger partial charge in [-0.25, -0.2) is 12.7 Å². The van der Waals surface area contributed by atoms with E-state index in [0.717, 1.165) is 9.87 Å². The van der Waals surface area contributed by atoms with Crippen LogP contribution in [0.15, 0.2) is 51.8 Å². The molecule has 0 saturated carbocycles. The molecule has 0 aliphatic carbocycles. The largest absolute Gasteiger partial charge is 0.493 e. The first-order chi connectivity index (χ1) is 13.2. The number of halogens is 1. The lowest BCUT2D eigenvalue weighted by atomic mass is 10.1. The zero-order valence-electron chi connectivity index (χ0n) is 16.1. The minimum absolute atomic E-state index is 0.0715. The van der Waals surface area contributed by atoms with Gasteiger partial charge in [-0.15, -0.1) is 0 Å². The van der Waals surface area contributed by atoms with E-state index in [9.17, 15) is 13.2 Å². The number of ketones is 1. The number of nitrogens with zero attached hydrogens (tertiary/aromatic N) is 1. The molecule has 0 aliphatic rings. The number of allylic oxidation sites excluding steroid dienone is 1. The minimum Gasteiger partial charge on any atom is -0.493 e. The van der Waals surface area contributed by atoms with Crippen LogP contribution in [-0.4, -0.2) is 46.3 Å². The summed E-state index contributed by atoms with van der Waals surface area (Å²) in [4.78, 5) is 12.6. The molecule has 6 nitrogen and oxygen atoms in total. The van der Waals surface area contributed by atoms with Gasteiger partial charge in [0.1, 0.15) is 0 Å². The van der Waals surface area contributed by atoms with Gasteiger partial charge in [-0.1, -0.05) is 18.2 Å². The molecule has 0 amide bonds. The maximum absolute atomic E-state index is 12.5. The van der Waals surface area contributed by atoms with Crippen LogP contribution >= 0.6 is 15.9 Å². The molecule has 0 atom stereocenters. The second-order valence-corrected chi connectivity index (χ2v) is 8.99. The molecular weight excluding hydrogens is 446 g/mol. The van der Waals surface area contributed by atoms with Crippen molar-refractivity contribution in [3.05, 3.63) is 58.1 Å². The first kappa shape index (κ1) is 22.1. The summed E-state index contributed by atoms with van der Waals surface area (Å²) in [5, 5.41) is 0. The Morgan fingerprint density at radius 2 is 1.93 bits per heavy atom. The zero-order chi connectivity index (χ0) is 20.9. The molecule has 2 aromatic carbocycles. The standard InChI is InChI=1S/C20H22BrNO5S/c1-5-27-20-17(21)11-14(12-19(20)26-4)9-10-18(23)15-7-6-8-16(13-15)28(24,25)22(2)3/h6-13H,5H2,1-4H3/b10-9+. The number of methoxy groups -OCH3 is 1. The van der Waals surface area contributed by atoms with Crippen molar-refractivity contribution < 1.29 is 22.7 Å². The van der Waals surface area contributed by atoms with Crippen molar-refractivity contribution in [2.75, 3.05) is 27.8 Å². The van der Waals surface area contributed by atoms with Crippen LogP contribution in [-0.2, 0) is 10.0 Å². The average molecular weight is 468 g/mol. The third kappa shape index (κ3) is 5.01. The van der Waals surface area contributed by atoms with Crippen LogP contribution in [0.2, 0.25) is 0 Å². The van der Waals surface area contributed by atoms with Crippen LogP contribution in [0.5, 0.6) is 11.5 Å². The maximum atomic E-state index is 12.5. The number of carbonyl (C=O) groups excluding carboxylic acids is 1. The summed E-state index contributed by atoms with van der Waals surface area (Å²) in [6.45, 7) is 2.37. The highest BCUT2D eigenvalue weighted by Gasteiger charge is 2.18. The van der Waals surface area contributed by atoms with E-state index in [-0.39, 0.29) is 16.2 Å². The van der Waals surface area contributed by atoms with E-state index >= 15 is 0 Å². The summed E-state index contributed by atoms with van der Waals surface area (Å²) in [5.41, 5.74) is 1.02. The van der Waals surface area contributed by atoms with Crippen molar-refractivity contribution in [2.45, 2.75) is 11.8 Å². The first-order valence-corrected chi connectivity index (χ1v) is 10.7. The topological polar surface area (TPSA) is 72.9 Å². The first-order valence-electron chi connectivity index (χ1n) is 8.46. The van der Waals surface area contributed by atoms with E-state index in [2.05, 4.69) is 15.9 Å². The molecule has 0 bridgehead atoms.